The van der Waals surface area contributed by atoms with Gasteiger partial charge in [0.15, 0.2) is 0 Å². The standard InChI is InChI=1S/C38H46ClN3O7/c1-3-5-15-31(44)48-25-29(26-13-9-8-10-14-26)40-35(45)32-30-20-21-38(49-30)33(32)36(46)42(23-11-6-7-12-24-43)34(38)37(47)41(22-4-2)28-18-16-27(39)17-19-28/h3-4,8-10,13-14,16-19,29-30,32-34,43H,1-2,5-7,11-12,15,20-25H2,(H,40,45)/t29-,30+,32-,33-,34+,38-/m1/s1. The number of nitrogens with one attached hydrogen (secondary N) is 1. The maximum absolute atomic E-state index is 14.7. The van der Waals surface area contributed by atoms with Crippen LogP contribution >= 0.6 is 11.6 Å². The van der Waals surface area contributed by atoms with Crippen LogP contribution in [0.25, 0.3) is 0 Å². The van der Waals surface area contributed by atoms with Crippen LogP contribution in [0.5, 0.6) is 0 Å². The molecule has 3 heterocycles. The quantitative estimate of drug-likeness (QED) is 0.126. The number of hydrogen-bond acceptors (Lipinski definition) is 7. The summed E-state index contributed by atoms with van der Waals surface area (Å²) in [6.07, 6.45) is 7.22. The number of nitrogens with zero attached hydrogens (tertiary/aromatic N) is 2. The number of aliphatic hydroxyl groups is 1. The van der Waals surface area contributed by atoms with Crippen molar-refractivity contribution in [3.05, 3.63) is 90.5 Å². The molecule has 2 bridgehead atoms. The summed E-state index contributed by atoms with van der Waals surface area (Å²) < 4.78 is 12.2. The number of fused-ring (bicyclic) bond motifs is 1. The van der Waals surface area contributed by atoms with Crippen LogP contribution in [0.2, 0.25) is 5.02 Å². The van der Waals surface area contributed by atoms with E-state index in [1.54, 1.807) is 46.2 Å². The second-order valence-electron chi connectivity index (χ2n) is 12.9. The van der Waals surface area contributed by atoms with Gasteiger partial charge in [-0.05, 0) is 61.9 Å². The van der Waals surface area contributed by atoms with Crippen molar-refractivity contribution in [2.75, 3.05) is 31.2 Å². The number of unbranched alkanes of at least 4 members (excludes halogenated alkanes) is 3. The number of anilines is 1. The molecule has 10 nitrogen and oxygen atoms in total. The molecule has 5 rings (SSSR count). The van der Waals surface area contributed by atoms with Crippen LogP contribution in [-0.2, 0) is 28.7 Å². The highest BCUT2D eigenvalue weighted by molar-refractivity contribution is 6.30. The van der Waals surface area contributed by atoms with E-state index < -0.39 is 41.6 Å². The molecule has 6 atom stereocenters. The topological polar surface area (TPSA) is 125 Å². The lowest BCUT2D eigenvalue weighted by Gasteiger charge is -2.37. The van der Waals surface area contributed by atoms with E-state index in [-0.39, 0.29) is 43.9 Å². The van der Waals surface area contributed by atoms with E-state index in [0.29, 0.717) is 49.4 Å². The Kier molecular flexibility index (Phi) is 12.3. The molecule has 3 amide bonds. The summed E-state index contributed by atoms with van der Waals surface area (Å²) in [6.45, 7) is 8.05. The summed E-state index contributed by atoms with van der Waals surface area (Å²) in [7, 11) is 0. The number of carbonyl (C=O) groups excluding carboxylic acids is 4. The van der Waals surface area contributed by atoms with Crippen LogP contribution < -0.4 is 10.2 Å². The smallest absolute Gasteiger partial charge is 0.306 e. The number of esters is 1. The minimum Gasteiger partial charge on any atom is -0.463 e. The van der Waals surface area contributed by atoms with Gasteiger partial charge in [-0.1, -0.05) is 66.9 Å². The van der Waals surface area contributed by atoms with Crippen molar-refractivity contribution in [1.29, 1.82) is 0 Å². The van der Waals surface area contributed by atoms with Crippen molar-refractivity contribution in [2.24, 2.45) is 11.8 Å². The third-order valence-corrected chi connectivity index (χ3v) is 10.1. The Morgan fingerprint density at radius 3 is 2.51 bits per heavy atom. The minimum absolute atomic E-state index is 0.0770. The number of carbonyl (C=O) groups is 4. The van der Waals surface area contributed by atoms with Gasteiger partial charge in [0.1, 0.15) is 18.2 Å². The molecule has 0 radical (unpaired) electrons. The van der Waals surface area contributed by atoms with E-state index in [1.165, 1.54) is 0 Å². The Morgan fingerprint density at radius 2 is 1.82 bits per heavy atom. The molecular weight excluding hydrogens is 646 g/mol. The Labute approximate surface area is 293 Å². The predicted molar refractivity (Wildman–Crippen MR) is 187 cm³/mol. The zero-order valence-corrected chi connectivity index (χ0v) is 28.6. The molecule has 2 aromatic carbocycles. The number of halogens is 1. The lowest BCUT2D eigenvalue weighted by Crippen LogP contribution is -2.56. The summed E-state index contributed by atoms with van der Waals surface area (Å²) in [5.41, 5.74) is 0.182. The number of rotatable bonds is 18. The first-order valence-corrected chi connectivity index (χ1v) is 17.5. The molecule has 11 heteroatoms. The average Bonchev–Trinajstić information content (AvgIpc) is 3.75. The molecule has 0 unspecified atom stereocenters. The summed E-state index contributed by atoms with van der Waals surface area (Å²) in [5.74, 6) is -3.04. The average molecular weight is 692 g/mol. The first kappa shape index (κ1) is 36.3. The summed E-state index contributed by atoms with van der Waals surface area (Å²) in [4.78, 5) is 59.0. The molecule has 49 heavy (non-hydrogen) atoms. The van der Waals surface area contributed by atoms with Gasteiger partial charge in [0.05, 0.1) is 24.0 Å². The third kappa shape index (κ3) is 7.77. The van der Waals surface area contributed by atoms with Crippen LogP contribution in [-0.4, -0.2) is 77.7 Å². The second kappa shape index (κ2) is 16.6. The first-order valence-electron chi connectivity index (χ1n) is 17.1. The molecule has 3 aliphatic rings. The Hall–Kier alpha value is -3.99. The van der Waals surface area contributed by atoms with Crippen LogP contribution in [0, 0.1) is 11.8 Å². The van der Waals surface area contributed by atoms with E-state index in [9.17, 15) is 24.3 Å². The fraction of sp³-hybridized carbons (Fsp3) is 0.474. The molecule has 3 saturated heterocycles. The van der Waals surface area contributed by atoms with Crippen LogP contribution in [0.3, 0.4) is 0 Å². The molecule has 0 saturated carbocycles. The van der Waals surface area contributed by atoms with Gasteiger partial charge in [-0.15, -0.1) is 13.2 Å². The molecule has 2 aromatic rings. The zero-order chi connectivity index (χ0) is 35.0. The van der Waals surface area contributed by atoms with Crippen molar-refractivity contribution in [3.63, 3.8) is 0 Å². The number of amides is 3. The van der Waals surface area contributed by atoms with Crippen LogP contribution in [0.4, 0.5) is 5.69 Å². The zero-order valence-electron chi connectivity index (χ0n) is 27.8. The normalized spacial score (nSPS) is 24.3. The van der Waals surface area contributed by atoms with Gasteiger partial charge in [0.25, 0.3) is 5.91 Å². The van der Waals surface area contributed by atoms with Crippen molar-refractivity contribution in [3.8, 4) is 0 Å². The highest BCUT2D eigenvalue weighted by Crippen LogP contribution is 2.58. The molecule has 2 N–H and O–H groups in total. The molecule has 0 aliphatic carbocycles. The predicted octanol–water partition coefficient (Wildman–Crippen LogP) is 5.15. The van der Waals surface area contributed by atoms with Gasteiger partial charge < -0.3 is 29.7 Å². The molecular formula is C38H46ClN3O7. The van der Waals surface area contributed by atoms with Gasteiger partial charge in [0, 0.05) is 36.8 Å². The number of aliphatic hydroxyl groups excluding tert-OH is 1. The minimum atomic E-state index is -1.18. The summed E-state index contributed by atoms with van der Waals surface area (Å²) >= 11 is 6.16. The molecule has 3 aliphatic heterocycles. The largest absolute Gasteiger partial charge is 0.463 e. The Balaban J connectivity index is 1.44. The Morgan fingerprint density at radius 1 is 1.08 bits per heavy atom. The molecule has 1 spiro atoms. The van der Waals surface area contributed by atoms with Crippen molar-refractivity contribution < 1.29 is 33.8 Å². The highest BCUT2D eigenvalue weighted by atomic mass is 35.5. The Bertz CT molecular complexity index is 1500. The van der Waals surface area contributed by atoms with E-state index in [1.807, 2.05) is 30.3 Å². The van der Waals surface area contributed by atoms with E-state index in [2.05, 4.69) is 18.5 Å². The maximum atomic E-state index is 14.7. The fourth-order valence-corrected chi connectivity index (χ4v) is 7.71. The van der Waals surface area contributed by atoms with Gasteiger partial charge >= 0.3 is 5.97 Å². The van der Waals surface area contributed by atoms with Gasteiger partial charge in [-0.3, -0.25) is 19.2 Å². The highest BCUT2D eigenvalue weighted by Gasteiger charge is 2.74. The first-order chi connectivity index (χ1) is 23.7. The maximum Gasteiger partial charge on any atom is 0.306 e. The number of benzene rings is 2. The van der Waals surface area contributed by atoms with Crippen molar-refractivity contribution >= 4 is 41.0 Å². The number of ether oxygens (including phenoxy) is 2. The molecule has 262 valence electrons. The third-order valence-electron chi connectivity index (χ3n) is 9.84. The van der Waals surface area contributed by atoms with Crippen LogP contribution in [0.15, 0.2) is 79.9 Å². The summed E-state index contributed by atoms with van der Waals surface area (Å²) in [6, 6.07) is 14.6. The lowest BCUT2D eigenvalue weighted by molar-refractivity contribution is -0.146. The van der Waals surface area contributed by atoms with E-state index in [0.717, 1.165) is 18.4 Å². The van der Waals surface area contributed by atoms with Crippen molar-refractivity contribution in [2.45, 2.75) is 75.2 Å². The molecule has 0 aromatic heterocycles. The lowest BCUT2D eigenvalue weighted by atomic mass is 9.70. The summed E-state index contributed by atoms with van der Waals surface area (Å²) in [5, 5.41) is 12.8. The number of likely N-dealkylation sites (tertiary alicyclic amines) is 1. The number of hydrogen-bond donors (Lipinski definition) is 2. The molecule has 3 fully saturated rings. The fourth-order valence-electron chi connectivity index (χ4n) is 7.58. The van der Waals surface area contributed by atoms with Crippen LogP contribution in [0.1, 0.15) is 63.0 Å². The monoisotopic (exact) mass is 691 g/mol. The van der Waals surface area contributed by atoms with E-state index in [4.69, 9.17) is 21.1 Å². The van der Waals surface area contributed by atoms with E-state index >= 15 is 0 Å². The van der Waals surface area contributed by atoms with Gasteiger partial charge in [-0.25, -0.2) is 0 Å². The second-order valence-corrected chi connectivity index (χ2v) is 13.4. The van der Waals surface area contributed by atoms with Gasteiger partial charge in [-0.2, -0.15) is 0 Å². The SMILES string of the molecule is C=CCCC(=O)OC[C@@H](NC(=O)[C@@H]1[C@@H]2CC[C@]3(O2)[C@H](C(=O)N(CC=C)c2ccc(Cl)cc2)N(CCCCCCO)C(=O)[C@@H]13)c1ccccc1. The number of allylic oxidation sites excluding steroid dienone is 1. The van der Waals surface area contributed by atoms with Crippen molar-refractivity contribution in [1.82, 2.24) is 10.2 Å². The van der Waals surface area contributed by atoms with Gasteiger partial charge in [0.2, 0.25) is 11.8 Å².